The molecule has 0 amide bonds. The van der Waals surface area contributed by atoms with E-state index in [1.54, 1.807) is 0 Å². The molecule has 2 nitrogen and oxygen atoms in total. The van der Waals surface area contributed by atoms with Gasteiger partial charge in [-0.15, -0.1) is 0 Å². The Bertz CT molecular complexity index is 239. The fraction of sp³-hybridized carbons (Fsp3) is 0.125. The summed E-state index contributed by atoms with van der Waals surface area (Å²) < 4.78 is 6.49. The average molecular weight is 321 g/mol. The number of aromatic nitrogens is 2. The van der Waals surface area contributed by atoms with Crippen LogP contribution >= 0.6 is 0 Å². The van der Waals surface area contributed by atoms with E-state index in [9.17, 15) is 0 Å². The molecule has 0 spiro atoms. The standard InChI is InChI=1S/C3H3N2.C3H5.C2H3.Re/c1-2-5-3-4-1;1-3-2;1-2;/h1-3H;1,3H,2H3;1H,2H2;/q-1;;;+1. The summed E-state index contributed by atoms with van der Waals surface area (Å²) in [6, 6.07) is 0. The molecule has 3 heteroatoms. The maximum absolute atomic E-state index is 4.00. The molecule has 1 rings (SSSR count). The quantitative estimate of drug-likeness (QED) is 0.832. The average Bonchev–Trinajstić information content (AvgIpc) is 2.52. The molecule has 0 atom stereocenters. The molecule has 0 saturated heterocycles. The van der Waals surface area contributed by atoms with Gasteiger partial charge in [-0.05, 0) is 0 Å². The summed E-state index contributed by atoms with van der Waals surface area (Å²) in [5.74, 6) is 0. The first kappa shape index (κ1) is 8.45. The molecule has 0 saturated carbocycles. The second-order valence-electron chi connectivity index (χ2n) is 1.84. The second kappa shape index (κ2) is 4.28. The summed E-state index contributed by atoms with van der Waals surface area (Å²) in [6.07, 6.45) is 7.77. The van der Waals surface area contributed by atoms with Crippen molar-refractivity contribution in [3.8, 4) is 0 Å². The summed E-state index contributed by atoms with van der Waals surface area (Å²) in [5.41, 5.74) is 0. The summed E-state index contributed by atoms with van der Waals surface area (Å²) in [7, 11) is 0. The van der Waals surface area contributed by atoms with Gasteiger partial charge in [-0.25, -0.2) is 0 Å². The molecular weight excluding hydrogens is 310 g/mol. The van der Waals surface area contributed by atoms with Gasteiger partial charge in [-0.3, -0.25) is 0 Å². The maximum atomic E-state index is 4.00. The van der Waals surface area contributed by atoms with Crippen LogP contribution < -0.4 is 0 Å². The molecule has 60 valence electrons. The van der Waals surface area contributed by atoms with Crippen LogP contribution in [0.15, 0.2) is 40.5 Å². The molecule has 0 aliphatic rings. The van der Waals surface area contributed by atoms with Gasteiger partial charge < -0.3 is 0 Å². The van der Waals surface area contributed by atoms with Gasteiger partial charge in [0.2, 0.25) is 0 Å². The van der Waals surface area contributed by atoms with Gasteiger partial charge in [-0.1, -0.05) is 0 Å². The Kier molecular flexibility index (Phi) is 3.28. The molecule has 0 N–H and O–H groups in total. The molecule has 0 bridgehead atoms. The third-order valence-electron chi connectivity index (χ3n) is 1.11. The van der Waals surface area contributed by atoms with E-state index >= 15 is 0 Å². The van der Waals surface area contributed by atoms with E-state index in [-0.39, 0.29) is 0 Å². The van der Waals surface area contributed by atoms with E-state index in [4.69, 9.17) is 0 Å². The van der Waals surface area contributed by atoms with Crippen molar-refractivity contribution in [2.75, 3.05) is 0 Å². The van der Waals surface area contributed by atoms with Crippen molar-refractivity contribution < 1.29 is 17.0 Å². The second-order valence-corrected chi connectivity index (χ2v) is 7.57. The van der Waals surface area contributed by atoms with Crippen LogP contribution in [0.3, 0.4) is 0 Å². The Morgan fingerprint density at radius 1 is 1.64 bits per heavy atom. The Balaban J connectivity index is 2.79. The summed E-state index contributed by atoms with van der Waals surface area (Å²) in [5, 5.41) is 0. The molecular formula is C8H11N2Re. The third kappa shape index (κ3) is 2.14. The van der Waals surface area contributed by atoms with Crippen molar-refractivity contribution in [1.82, 2.24) is 8.18 Å². The van der Waals surface area contributed by atoms with Crippen molar-refractivity contribution in [3.05, 3.63) is 40.5 Å². The molecule has 0 aliphatic carbocycles. The first-order valence-corrected chi connectivity index (χ1v) is 7.64. The van der Waals surface area contributed by atoms with Crippen LogP contribution in [0.1, 0.15) is 6.92 Å². The van der Waals surface area contributed by atoms with Crippen molar-refractivity contribution in [1.29, 1.82) is 0 Å². The summed E-state index contributed by atoms with van der Waals surface area (Å²) in [4.78, 5) is 4.00. The van der Waals surface area contributed by atoms with Gasteiger partial charge in [0.1, 0.15) is 0 Å². The minimum absolute atomic E-state index is 1.53. The Morgan fingerprint density at radius 3 is 2.91 bits per heavy atom. The normalized spacial score (nSPS) is 11.9. The van der Waals surface area contributed by atoms with E-state index in [0.717, 1.165) is 0 Å². The molecule has 0 aliphatic heterocycles. The van der Waals surface area contributed by atoms with Gasteiger partial charge in [0.05, 0.1) is 0 Å². The molecule has 0 unspecified atom stereocenters. The third-order valence-corrected chi connectivity index (χ3v) is 6.42. The van der Waals surface area contributed by atoms with Crippen LogP contribution in [0.5, 0.6) is 0 Å². The number of hydrogen-bond donors (Lipinski definition) is 0. The topological polar surface area (TPSA) is 17.8 Å². The fourth-order valence-corrected chi connectivity index (χ4v) is 4.21. The van der Waals surface area contributed by atoms with Crippen molar-refractivity contribution in [2.45, 2.75) is 6.92 Å². The molecule has 1 aromatic heterocycles. The minimum atomic E-state index is -1.53. The van der Waals surface area contributed by atoms with E-state index in [2.05, 4.69) is 29.9 Å². The molecule has 1 aromatic rings. The predicted molar refractivity (Wildman–Crippen MR) is 42.6 cm³/mol. The van der Waals surface area contributed by atoms with Crippen molar-refractivity contribution >= 4 is 0 Å². The van der Waals surface area contributed by atoms with E-state index < -0.39 is 17.0 Å². The van der Waals surface area contributed by atoms with Gasteiger partial charge >= 0.3 is 72.6 Å². The number of imidazole rings is 1. The van der Waals surface area contributed by atoms with Gasteiger partial charge in [-0.2, -0.15) is 0 Å². The number of rotatable bonds is 3. The molecule has 11 heavy (non-hydrogen) atoms. The first-order valence-electron chi connectivity index (χ1n) is 3.29. The zero-order chi connectivity index (χ0) is 8.10. The zero-order valence-electron chi connectivity index (χ0n) is 6.44. The van der Waals surface area contributed by atoms with Crippen LogP contribution in [0.4, 0.5) is 0 Å². The SMILES string of the molecule is C=[CH][Re]([CH]=CC)[n]1ccnc1. The predicted octanol–water partition coefficient (Wildman–Crippen LogP) is 1.94. The van der Waals surface area contributed by atoms with Crippen LogP contribution in [0.25, 0.3) is 0 Å². The molecule has 0 fully saturated rings. The van der Waals surface area contributed by atoms with Crippen molar-refractivity contribution in [2.24, 2.45) is 0 Å². The number of hydrogen-bond acceptors (Lipinski definition) is 1. The molecule has 0 radical (unpaired) electrons. The van der Waals surface area contributed by atoms with Crippen LogP contribution in [0, 0.1) is 0 Å². The fourth-order valence-electron chi connectivity index (χ4n) is 0.684. The van der Waals surface area contributed by atoms with Crippen molar-refractivity contribution in [3.63, 3.8) is 0 Å². The molecule has 0 aromatic carbocycles. The Labute approximate surface area is 72.8 Å². The monoisotopic (exact) mass is 322 g/mol. The Morgan fingerprint density at radius 2 is 2.45 bits per heavy atom. The summed E-state index contributed by atoms with van der Waals surface area (Å²) in [6.45, 7) is 5.86. The first-order chi connectivity index (χ1) is 5.38. The summed E-state index contributed by atoms with van der Waals surface area (Å²) >= 11 is -1.53. The Hall–Kier alpha value is -0.648. The van der Waals surface area contributed by atoms with Crippen LogP contribution in [-0.2, 0) is 17.0 Å². The van der Waals surface area contributed by atoms with E-state index in [1.807, 2.05) is 25.6 Å². The zero-order valence-corrected chi connectivity index (χ0v) is 9.16. The molecule has 1 heterocycles. The van der Waals surface area contributed by atoms with E-state index in [1.165, 1.54) is 0 Å². The van der Waals surface area contributed by atoms with Crippen LogP contribution in [0.2, 0.25) is 0 Å². The van der Waals surface area contributed by atoms with Crippen LogP contribution in [-0.4, -0.2) is 8.18 Å². The van der Waals surface area contributed by atoms with Gasteiger partial charge in [0.15, 0.2) is 0 Å². The number of nitrogens with zero attached hydrogens (tertiary/aromatic N) is 2. The van der Waals surface area contributed by atoms with Gasteiger partial charge in [0, 0.05) is 0 Å². The van der Waals surface area contributed by atoms with E-state index in [0.29, 0.717) is 0 Å². The number of allylic oxidation sites excluding steroid dienone is 1. The van der Waals surface area contributed by atoms with Gasteiger partial charge in [0.25, 0.3) is 0 Å².